The topological polar surface area (TPSA) is 41.1 Å². The molecule has 0 fully saturated rings. The first-order valence-corrected chi connectivity index (χ1v) is 9.44. The van der Waals surface area contributed by atoms with Crippen molar-refractivity contribution in [1.29, 1.82) is 0 Å². The second-order valence-corrected chi connectivity index (χ2v) is 7.02. The number of benzene rings is 2. The summed E-state index contributed by atoms with van der Waals surface area (Å²) in [6, 6.07) is 14.1. The highest BCUT2D eigenvalue weighted by Crippen LogP contribution is 2.26. The van der Waals surface area contributed by atoms with Gasteiger partial charge in [0.2, 0.25) is 0 Å². The number of fused-ring (bicyclic) bond motifs is 1. The third-order valence-corrected chi connectivity index (χ3v) is 5.25. The van der Waals surface area contributed by atoms with Gasteiger partial charge in [0.1, 0.15) is 0 Å². The van der Waals surface area contributed by atoms with E-state index < -0.39 is 0 Å². The number of rotatable bonds is 5. The van der Waals surface area contributed by atoms with E-state index in [1.54, 1.807) is 0 Å². The van der Waals surface area contributed by atoms with E-state index in [1.165, 1.54) is 36.0 Å². The highest BCUT2D eigenvalue weighted by Gasteiger charge is 2.16. The van der Waals surface area contributed by atoms with Gasteiger partial charge in [-0.05, 0) is 60.4 Å². The van der Waals surface area contributed by atoms with Gasteiger partial charge in [0.05, 0.1) is 6.04 Å². The summed E-state index contributed by atoms with van der Waals surface area (Å²) in [5.41, 5.74) is 5.02. The number of hydrogen-bond donors (Lipinski definition) is 2. The third kappa shape index (κ3) is 4.55. The smallest absolute Gasteiger partial charge is 0.315 e. The quantitative estimate of drug-likeness (QED) is 0.762. The number of carbonyl (C=O) groups excluding carboxylic acids is 1. The molecule has 3 nitrogen and oxygen atoms in total. The molecule has 0 heterocycles. The van der Waals surface area contributed by atoms with E-state index >= 15 is 0 Å². The zero-order chi connectivity index (χ0) is 17.6. The molecule has 2 N–H and O–H groups in total. The van der Waals surface area contributed by atoms with Crippen LogP contribution < -0.4 is 10.6 Å². The van der Waals surface area contributed by atoms with Gasteiger partial charge >= 0.3 is 6.03 Å². The van der Waals surface area contributed by atoms with E-state index in [9.17, 15) is 4.79 Å². The summed E-state index contributed by atoms with van der Waals surface area (Å²) in [5, 5.41) is 6.66. The number of aryl methyl sites for hydroxylation is 2. The summed E-state index contributed by atoms with van der Waals surface area (Å²) in [6.45, 7) is 2.52. The number of nitrogens with one attached hydrogen (secondary N) is 2. The Labute approximate surface area is 154 Å². The molecule has 0 aromatic heterocycles. The molecule has 1 aliphatic carbocycles. The van der Waals surface area contributed by atoms with Gasteiger partial charge in [-0.25, -0.2) is 4.79 Å². The van der Waals surface area contributed by atoms with E-state index in [-0.39, 0.29) is 12.1 Å². The lowest BCUT2D eigenvalue weighted by molar-refractivity contribution is 0.236. The van der Waals surface area contributed by atoms with Gasteiger partial charge in [0.25, 0.3) is 0 Å². The minimum Gasteiger partial charge on any atom is -0.334 e. The van der Waals surface area contributed by atoms with Gasteiger partial charge in [0, 0.05) is 11.6 Å². The predicted molar refractivity (Wildman–Crippen MR) is 103 cm³/mol. The maximum Gasteiger partial charge on any atom is 0.315 e. The highest BCUT2D eigenvalue weighted by atomic mass is 35.5. The van der Waals surface area contributed by atoms with E-state index in [4.69, 9.17) is 11.6 Å². The van der Waals surface area contributed by atoms with Crippen molar-refractivity contribution in [2.75, 3.05) is 0 Å². The molecule has 1 atom stereocenters. The van der Waals surface area contributed by atoms with Gasteiger partial charge in [-0.3, -0.25) is 0 Å². The number of urea groups is 1. The van der Waals surface area contributed by atoms with Crippen LogP contribution in [0.1, 0.15) is 54.5 Å². The summed E-state index contributed by atoms with van der Waals surface area (Å²) < 4.78 is 0. The minimum atomic E-state index is -0.163. The molecule has 3 rings (SSSR count). The number of carbonyl (C=O) groups is 1. The Hall–Kier alpha value is -2.00. The monoisotopic (exact) mass is 356 g/mol. The summed E-state index contributed by atoms with van der Waals surface area (Å²) in [6.07, 6.45) is 5.74. The molecule has 0 aliphatic heterocycles. The molecule has 4 heteroatoms. The average Bonchev–Trinajstić information content (AvgIpc) is 2.65. The second kappa shape index (κ2) is 8.39. The van der Waals surface area contributed by atoms with E-state index in [0.29, 0.717) is 11.6 Å². The number of halogens is 1. The lowest BCUT2D eigenvalue weighted by Gasteiger charge is -2.22. The first-order valence-electron chi connectivity index (χ1n) is 9.07. The Morgan fingerprint density at radius 3 is 2.64 bits per heavy atom. The lowest BCUT2D eigenvalue weighted by atomic mass is 9.89. The van der Waals surface area contributed by atoms with Crippen LogP contribution in [0.5, 0.6) is 0 Å². The molecule has 25 heavy (non-hydrogen) atoms. The van der Waals surface area contributed by atoms with Crippen molar-refractivity contribution in [3.63, 3.8) is 0 Å². The summed E-state index contributed by atoms with van der Waals surface area (Å²) in [7, 11) is 0. The maximum absolute atomic E-state index is 12.3. The molecular formula is C21H25ClN2O. The maximum atomic E-state index is 12.3. The van der Waals surface area contributed by atoms with Crippen LogP contribution in [0.15, 0.2) is 42.5 Å². The van der Waals surface area contributed by atoms with Crippen molar-refractivity contribution >= 4 is 17.6 Å². The Balaban J connectivity index is 1.61. The molecule has 0 saturated carbocycles. The molecule has 0 radical (unpaired) electrons. The average molecular weight is 357 g/mol. The summed E-state index contributed by atoms with van der Waals surface area (Å²) in [4.78, 5) is 12.3. The van der Waals surface area contributed by atoms with Gasteiger partial charge in [0.15, 0.2) is 0 Å². The van der Waals surface area contributed by atoms with Crippen molar-refractivity contribution in [1.82, 2.24) is 10.6 Å². The Bertz CT molecular complexity index is 744. The Morgan fingerprint density at radius 2 is 1.88 bits per heavy atom. The van der Waals surface area contributed by atoms with Crippen LogP contribution in [-0.4, -0.2) is 6.03 Å². The normalized spacial score (nSPS) is 14.5. The van der Waals surface area contributed by atoms with Gasteiger partial charge < -0.3 is 10.6 Å². The molecule has 1 unspecified atom stereocenters. The molecule has 132 valence electrons. The fourth-order valence-corrected chi connectivity index (χ4v) is 3.62. The minimum absolute atomic E-state index is 0.0264. The van der Waals surface area contributed by atoms with Crippen LogP contribution in [0, 0.1) is 0 Å². The van der Waals surface area contributed by atoms with Crippen molar-refractivity contribution in [2.24, 2.45) is 0 Å². The van der Waals surface area contributed by atoms with Crippen LogP contribution >= 0.6 is 11.6 Å². The van der Waals surface area contributed by atoms with E-state index in [0.717, 1.165) is 18.4 Å². The molecule has 1 aliphatic rings. The Morgan fingerprint density at radius 1 is 1.12 bits per heavy atom. The molecule has 0 spiro atoms. The first kappa shape index (κ1) is 17.8. The third-order valence-electron chi connectivity index (χ3n) is 4.89. The van der Waals surface area contributed by atoms with Crippen LogP contribution in [0.2, 0.25) is 5.02 Å². The largest absolute Gasteiger partial charge is 0.334 e. The van der Waals surface area contributed by atoms with Gasteiger partial charge in [-0.15, -0.1) is 0 Å². The van der Waals surface area contributed by atoms with Crippen LogP contribution in [0.4, 0.5) is 4.79 Å². The van der Waals surface area contributed by atoms with Crippen molar-refractivity contribution in [2.45, 2.75) is 51.6 Å². The summed E-state index contributed by atoms with van der Waals surface area (Å²) >= 11 is 6.13. The lowest BCUT2D eigenvalue weighted by Crippen LogP contribution is -2.37. The molecular weight excluding hydrogens is 332 g/mol. The molecule has 2 aromatic rings. The number of hydrogen-bond acceptors (Lipinski definition) is 1. The zero-order valence-electron chi connectivity index (χ0n) is 14.6. The zero-order valence-corrected chi connectivity index (χ0v) is 15.4. The molecule has 2 amide bonds. The van der Waals surface area contributed by atoms with Crippen LogP contribution in [-0.2, 0) is 19.4 Å². The van der Waals surface area contributed by atoms with Crippen molar-refractivity contribution in [3.05, 3.63) is 69.7 Å². The SMILES string of the molecule is CCC(NC(=O)NCc1ccccc1Cl)c1ccc2c(c1)CCCC2. The standard InChI is InChI=1S/C21H25ClN2O/c1-2-20(17-12-11-15-7-3-4-8-16(15)13-17)24-21(25)23-14-18-9-5-6-10-19(18)22/h5-6,9-13,20H,2-4,7-8,14H2,1H3,(H2,23,24,25). The highest BCUT2D eigenvalue weighted by molar-refractivity contribution is 6.31. The van der Waals surface area contributed by atoms with E-state index in [2.05, 4.69) is 35.8 Å². The van der Waals surface area contributed by atoms with Crippen molar-refractivity contribution in [3.8, 4) is 0 Å². The second-order valence-electron chi connectivity index (χ2n) is 6.61. The fourth-order valence-electron chi connectivity index (χ4n) is 3.42. The van der Waals surface area contributed by atoms with Gasteiger partial charge in [-0.2, -0.15) is 0 Å². The summed E-state index contributed by atoms with van der Waals surface area (Å²) in [5.74, 6) is 0. The van der Waals surface area contributed by atoms with E-state index in [1.807, 2.05) is 24.3 Å². The van der Waals surface area contributed by atoms with Crippen molar-refractivity contribution < 1.29 is 4.79 Å². The van der Waals surface area contributed by atoms with Gasteiger partial charge in [-0.1, -0.05) is 54.9 Å². The molecule has 0 bridgehead atoms. The molecule has 2 aromatic carbocycles. The fraction of sp³-hybridized carbons (Fsp3) is 0.381. The van der Waals surface area contributed by atoms with Crippen LogP contribution in [0.3, 0.4) is 0 Å². The Kier molecular flexibility index (Phi) is 5.98. The van der Waals surface area contributed by atoms with Crippen LogP contribution in [0.25, 0.3) is 0 Å². The molecule has 0 saturated heterocycles. The predicted octanol–water partition coefficient (Wildman–Crippen LogP) is 5.17. The first-order chi connectivity index (χ1) is 12.2. The number of amides is 2.